The molecule has 1 saturated heterocycles. The molecule has 0 aliphatic carbocycles. The predicted octanol–water partition coefficient (Wildman–Crippen LogP) is 2.26. The number of nitrogens with zero attached hydrogens (tertiary/aromatic N) is 4. The van der Waals surface area contributed by atoms with Crippen LogP contribution < -0.4 is 5.32 Å². The van der Waals surface area contributed by atoms with Crippen molar-refractivity contribution in [1.29, 1.82) is 5.26 Å². The number of rotatable bonds is 5. The Labute approximate surface area is 139 Å². The lowest BCUT2D eigenvalue weighted by atomic mass is 10.1. The molecule has 1 N–H and O–H groups in total. The Kier molecular flexibility index (Phi) is 4.66. The summed E-state index contributed by atoms with van der Waals surface area (Å²) in [6.07, 6.45) is 4.27. The van der Waals surface area contributed by atoms with Crippen LogP contribution in [0, 0.1) is 17.1 Å². The lowest BCUT2D eigenvalue weighted by molar-refractivity contribution is -0.127. The van der Waals surface area contributed by atoms with Crippen LogP contribution in [-0.2, 0) is 4.79 Å². The van der Waals surface area contributed by atoms with Crippen molar-refractivity contribution in [2.24, 2.45) is 0 Å². The van der Waals surface area contributed by atoms with Crippen LogP contribution in [0.15, 0.2) is 36.7 Å². The summed E-state index contributed by atoms with van der Waals surface area (Å²) in [5.41, 5.74) is 1.21. The highest BCUT2D eigenvalue weighted by atomic mass is 19.1. The fourth-order valence-electron chi connectivity index (χ4n) is 2.66. The van der Waals surface area contributed by atoms with Gasteiger partial charge in [-0.2, -0.15) is 5.26 Å². The van der Waals surface area contributed by atoms with Gasteiger partial charge in [0.15, 0.2) is 0 Å². The highest BCUT2D eigenvalue weighted by Gasteiger charge is 2.24. The Morgan fingerprint density at radius 2 is 2.00 bits per heavy atom. The quantitative estimate of drug-likeness (QED) is 0.912. The minimum absolute atomic E-state index is 0.115. The van der Waals surface area contributed by atoms with Crippen LogP contribution in [0.2, 0.25) is 0 Å². The fraction of sp³-hybridized carbons (Fsp3) is 0.294. The largest absolute Gasteiger partial charge is 0.346 e. The Balaban J connectivity index is 1.81. The maximum absolute atomic E-state index is 13.2. The second-order valence-electron chi connectivity index (χ2n) is 5.60. The van der Waals surface area contributed by atoms with Gasteiger partial charge >= 0.3 is 0 Å². The molecule has 0 radical (unpaired) electrons. The highest BCUT2D eigenvalue weighted by Crippen LogP contribution is 2.22. The number of hydrogen-bond donors (Lipinski definition) is 1. The molecule has 3 rings (SSSR count). The van der Waals surface area contributed by atoms with E-state index in [1.54, 1.807) is 17.0 Å². The summed E-state index contributed by atoms with van der Waals surface area (Å²) in [4.78, 5) is 21.9. The van der Waals surface area contributed by atoms with Crippen molar-refractivity contribution in [3.05, 3.63) is 53.6 Å². The number of nitrogens with one attached hydrogen (secondary N) is 1. The average molecular weight is 325 g/mol. The zero-order chi connectivity index (χ0) is 16.9. The number of carbonyl (C=O) groups is 1. The van der Waals surface area contributed by atoms with Gasteiger partial charge in [-0.05, 0) is 24.1 Å². The summed E-state index contributed by atoms with van der Waals surface area (Å²) in [5.74, 6) is 0.156. The van der Waals surface area contributed by atoms with Crippen molar-refractivity contribution >= 4 is 11.9 Å². The van der Waals surface area contributed by atoms with Crippen LogP contribution in [0.5, 0.6) is 0 Å². The number of benzene rings is 1. The van der Waals surface area contributed by atoms with Crippen molar-refractivity contribution in [2.45, 2.75) is 18.9 Å². The van der Waals surface area contributed by atoms with Gasteiger partial charge < -0.3 is 10.2 Å². The van der Waals surface area contributed by atoms with Crippen molar-refractivity contribution in [1.82, 2.24) is 14.9 Å². The predicted molar refractivity (Wildman–Crippen MR) is 85.3 cm³/mol. The van der Waals surface area contributed by atoms with E-state index < -0.39 is 0 Å². The number of carbonyl (C=O) groups excluding carboxylic acids is 1. The number of amides is 1. The van der Waals surface area contributed by atoms with E-state index in [2.05, 4.69) is 15.3 Å². The van der Waals surface area contributed by atoms with Crippen molar-refractivity contribution in [2.75, 3.05) is 18.4 Å². The third-order valence-electron chi connectivity index (χ3n) is 3.93. The lowest BCUT2D eigenvalue weighted by Gasteiger charge is -2.25. The molecule has 2 heterocycles. The lowest BCUT2D eigenvalue weighted by Crippen LogP contribution is -2.33. The number of halogens is 1. The number of aromatic nitrogens is 2. The first-order valence-corrected chi connectivity index (χ1v) is 7.67. The smallest absolute Gasteiger partial charge is 0.223 e. The zero-order valence-corrected chi connectivity index (χ0v) is 12.9. The monoisotopic (exact) mass is 325 g/mol. The Hall–Kier alpha value is -3.01. The molecule has 1 fully saturated rings. The molecule has 1 aromatic heterocycles. The van der Waals surface area contributed by atoms with Gasteiger partial charge in [-0.15, -0.1) is 0 Å². The fourth-order valence-corrected chi connectivity index (χ4v) is 2.66. The molecule has 122 valence electrons. The van der Waals surface area contributed by atoms with Crippen molar-refractivity contribution in [3.63, 3.8) is 0 Å². The van der Waals surface area contributed by atoms with Crippen LogP contribution in [0.4, 0.5) is 10.3 Å². The maximum atomic E-state index is 13.2. The summed E-state index contributed by atoms with van der Waals surface area (Å²) in [5, 5.41) is 12.0. The normalized spacial score (nSPS) is 15.2. The molecule has 1 atom stereocenters. The standard InChI is InChI=1S/C17H16FN5O/c18-14-5-3-13(4-6-14)15(11-23-7-1-2-16(23)24)22-17-20-9-12(8-19)10-21-17/h3-6,9-10,15H,1-2,7,11H2,(H,20,21,22). The zero-order valence-electron chi connectivity index (χ0n) is 12.9. The second kappa shape index (κ2) is 7.04. The van der Waals surface area contributed by atoms with Crippen LogP contribution in [0.1, 0.15) is 30.0 Å². The van der Waals surface area contributed by atoms with Crippen LogP contribution in [-0.4, -0.2) is 33.9 Å². The molecule has 0 saturated carbocycles. The van der Waals surface area contributed by atoms with Gasteiger partial charge in [0.25, 0.3) is 0 Å². The van der Waals surface area contributed by atoms with E-state index in [1.807, 2.05) is 6.07 Å². The maximum Gasteiger partial charge on any atom is 0.223 e. The van der Waals surface area contributed by atoms with E-state index in [9.17, 15) is 9.18 Å². The van der Waals surface area contributed by atoms with Gasteiger partial charge in [-0.25, -0.2) is 14.4 Å². The van der Waals surface area contributed by atoms with E-state index >= 15 is 0 Å². The van der Waals surface area contributed by atoms with E-state index in [0.29, 0.717) is 31.0 Å². The first kappa shape index (κ1) is 15.9. The first-order chi connectivity index (χ1) is 11.7. The summed E-state index contributed by atoms with van der Waals surface area (Å²) < 4.78 is 13.2. The van der Waals surface area contributed by atoms with E-state index in [1.165, 1.54) is 24.5 Å². The number of anilines is 1. The van der Waals surface area contributed by atoms with E-state index in [-0.39, 0.29) is 17.8 Å². The third-order valence-corrected chi connectivity index (χ3v) is 3.93. The van der Waals surface area contributed by atoms with Crippen LogP contribution in [0.25, 0.3) is 0 Å². The minimum atomic E-state index is -0.315. The Morgan fingerprint density at radius 3 is 2.58 bits per heavy atom. The van der Waals surface area contributed by atoms with Crippen LogP contribution >= 0.6 is 0 Å². The molecule has 6 nitrogen and oxygen atoms in total. The van der Waals surface area contributed by atoms with E-state index in [0.717, 1.165) is 12.0 Å². The second-order valence-corrected chi connectivity index (χ2v) is 5.60. The molecule has 2 aromatic rings. The van der Waals surface area contributed by atoms with Gasteiger partial charge in [0.2, 0.25) is 11.9 Å². The molecule has 24 heavy (non-hydrogen) atoms. The Morgan fingerprint density at radius 1 is 1.29 bits per heavy atom. The molecule has 1 amide bonds. The number of nitriles is 1. The number of likely N-dealkylation sites (tertiary alicyclic amines) is 1. The van der Waals surface area contributed by atoms with Gasteiger partial charge in [0, 0.05) is 19.5 Å². The van der Waals surface area contributed by atoms with E-state index in [4.69, 9.17) is 5.26 Å². The molecule has 1 aliphatic heterocycles. The summed E-state index contributed by atoms with van der Waals surface area (Å²) in [7, 11) is 0. The molecular weight excluding hydrogens is 309 g/mol. The molecule has 1 unspecified atom stereocenters. The SMILES string of the molecule is N#Cc1cnc(NC(CN2CCCC2=O)c2ccc(F)cc2)nc1. The van der Waals surface area contributed by atoms with Gasteiger partial charge in [-0.3, -0.25) is 4.79 Å². The average Bonchev–Trinajstić information content (AvgIpc) is 3.00. The summed E-state index contributed by atoms with van der Waals surface area (Å²) in [6, 6.07) is 7.82. The molecule has 0 spiro atoms. The topological polar surface area (TPSA) is 81.9 Å². The number of hydrogen-bond acceptors (Lipinski definition) is 5. The van der Waals surface area contributed by atoms with Gasteiger partial charge in [-0.1, -0.05) is 12.1 Å². The third kappa shape index (κ3) is 3.66. The Bertz CT molecular complexity index is 754. The minimum Gasteiger partial charge on any atom is -0.346 e. The molecule has 1 aromatic carbocycles. The first-order valence-electron chi connectivity index (χ1n) is 7.67. The van der Waals surface area contributed by atoms with Crippen molar-refractivity contribution in [3.8, 4) is 6.07 Å². The molecule has 0 bridgehead atoms. The molecule has 7 heteroatoms. The van der Waals surface area contributed by atoms with Crippen LogP contribution in [0.3, 0.4) is 0 Å². The molecule has 1 aliphatic rings. The highest BCUT2D eigenvalue weighted by molar-refractivity contribution is 5.78. The summed E-state index contributed by atoms with van der Waals surface area (Å²) in [6.45, 7) is 1.17. The summed E-state index contributed by atoms with van der Waals surface area (Å²) >= 11 is 0. The van der Waals surface area contributed by atoms with Crippen molar-refractivity contribution < 1.29 is 9.18 Å². The molecular formula is C17H16FN5O. The van der Waals surface area contributed by atoms with Gasteiger partial charge in [0.1, 0.15) is 11.9 Å². The van der Waals surface area contributed by atoms with Gasteiger partial charge in [0.05, 0.1) is 24.0 Å².